The van der Waals surface area contributed by atoms with Gasteiger partial charge in [0, 0.05) is 30.1 Å². The van der Waals surface area contributed by atoms with Gasteiger partial charge in [0.1, 0.15) is 17.5 Å². The van der Waals surface area contributed by atoms with Gasteiger partial charge in [-0.05, 0) is 54.8 Å². The van der Waals surface area contributed by atoms with E-state index < -0.39 is 11.6 Å². The highest BCUT2D eigenvalue weighted by atomic mass is 19.1. The van der Waals surface area contributed by atoms with Crippen molar-refractivity contribution in [3.8, 4) is 11.3 Å². The molecule has 0 spiro atoms. The summed E-state index contributed by atoms with van der Waals surface area (Å²) >= 11 is 0. The van der Waals surface area contributed by atoms with Crippen LogP contribution in [-0.2, 0) is 4.79 Å². The fraction of sp³-hybridized carbons (Fsp3) is 0.318. The summed E-state index contributed by atoms with van der Waals surface area (Å²) in [5.74, 6) is -1.04. The molecule has 6 heteroatoms. The highest BCUT2D eigenvalue weighted by molar-refractivity contribution is 5.86. The molecule has 1 saturated carbocycles. The molecule has 28 heavy (non-hydrogen) atoms. The van der Waals surface area contributed by atoms with E-state index in [1.54, 1.807) is 25.2 Å². The summed E-state index contributed by atoms with van der Waals surface area (Å²) in [6, 6.07) is 9.50. The van der Waals surface area contributed by atoms with E-state index in [1.165, 1.54) is 24.6 Å². The Balaban J connectivity index is 0.000000236. The van der Waals surface area contributed by atoms with Crippen LogP contribution in [0.5, 0.6) is 0 Å². The first-order chi connectivity index (χ1) is 13.5. The van der Waals surface area contributed by atoms with Crippen LogP contribution in [0, 0.1) is 23.4 Å². The molecular formula is C22H25F3N2O. The number of rotatable bonds is 2. The highest BCUT2D eigenvalue weighted by Crippen LogP contribution is 2.27. The average Bonchev–Trinajstić information content (AvgIpc) is 3.07. The van der Waals surface area contributed by atoms with Gasteiger partial charge in [-0.3, -0.25) is 4.79 Å². The average molecular weight is 390 g/mol. The number of hydrogen-bond acceptors (Lipinski definition) is 1. The number of carbonyl (C=O) groups excluding carboxylic acids is 1. The molecule has 3 nitrogen and oxygen atoms in total. The third-order valence-corrected chi connectivity index (χ3v) is 4.52. The lowest BCUT2D eigenvalue weighted by Crippen LogP contribution is -2.31. The summed E-state index contributed by atoms with van der Waals surface area (Å²) in [5.41, 5.74) is 1.58. The molecule has 0 radical (unpaired) electrons. The molecule has 1 amide bonds. The van der Waals surface area contributed by atoms with Crippen LogP contribution in [0.2, 0.25) is 0 Å². The SMILES string of the molecule is CC.CNC(=O)C1CCC1.Fc1ccc(-c2cc3cc(F)cc(F)c3[nH]2)cc1. The molecule has 4 rings (SSSR count). The smallest absolute Gasteiger partial charge is 0.222 e. The van der Waals surface area contributed by atoms with Crippen LogP contribution >= 0.6 is 0 Å². The molecule has 0 unspecified atom stereocenters. The zero-order valence-electron chi connectivity index (χ0n) is 16.3. The minimum atomic E-state index is -0.640. The van der Waals surface area contributed by atoms with E-state index in [0.29, 0.717) is 22.6 Å². The molecule has 0 atom stereocenters. The van der Waals surface area contributed by atoms with Crippen molar-refractivity contribution in [2.45, 2.75) is 33.1 Å². The maximum Gasteiger partial charge on any atom is 0.222 e. The van der Waals surface area contributed by atoms with Crippen molar-refractivity contribution in [3.63, 3.8) is 0 Å². The first kappa shape index (κ1) is 21.5. The third-order valence-electron chi connectivity index (χ3n) is 4.52. The monoisotopic (exact) mass is 390 g/mol. The Bertz CT molecular complexity index is 915. The first-order valence-electron chi connectivity index (χ1n) is 9.43. The molecular weight excluding hydrogens is 365 g/mol. The van der Waals surface area contributed by atoms with E-state index in [1.807, 2.05) is 13.8 Å². The predicted molar refractivity (Wildman–Crippen MR) is 106 cm³/mol. The van der Waals surface area contributed by atoms with Gasteiger partial charge in [0.2, 0.25) is 5.91 Å². The third kappa shape index (κ3) is 5.15. The van der Waals surface area contributed by atoms with Crippen molar-refractivity contribution in [1.82, 2.24) is 10.3 Å². The van der Waals surface area contributed by atoms with Crippen LogP contribution in [0.25, 0.3) is 22.2 Å². The zero-order valence-corrected chi connectivity index (χ0v) is 16.3. The highest BCUT2D eigenvalue weighted by Gasteiger charge is 2.23. The van der Waals surface area contributed by atoms with Crippen LogP contribution in [0.15, 0.2) is 42.5 Å². The minimum Gasteiger partial charge on any atom is -0.359 e. The Kier molecular flexibility index (Phi) is 7.67. The second-order valence-electron chi connectivity index (χ2n) is 6.28. The number of nitrogens with one attached hydrogen (secondary N) is 2. The van der Waals surface area contributed by atoms with Crippen molar-refractivity contribution >= 4 is 16.8 Å². The maximum atomic E-state index is 13.5. The number of amides is 1. The van der Waals surface area contributed by atoms with Crippen molar-refractivity contribution in [2.75, 3.05) is 7.05 Å². The van der Waals surface area contributed by atoms with Crippen molar-refractivity contribution < 1.29 is 18.0 Å². The Hall–Kier alpha value is -2.76. The van der Waals surface area contributed by atoms with Crippen LogP contribution in [0.1, 0.15) is 33.1 Å². The van der Waals surface area contributed by atoms with Gasteiger partial charge in [0.05, 0.1) is 5.52 Å². The van der Waals surface area contributed by atoms with Crippen LogP contribution < -0.4 is 5.32 Å². The molecule has 1 aromatic heterocycles. The number of hydrogen-bond donors (Lipinski definition) is 2. The molecule has 2 N–H and O–H groups in total. The van der Waals surface area contributed by atoms with Gasteiger partial charge in [-0.25, -0.2) is 13.2 Å². The Morgan fingerprint density at radius 1 is 1.00 bits per heavy atom. The minimum absolute atomic E-state index is 0.219. The molecule has 1 heterocycles. The molecule has 2 aromatic carbocycles. The number of aromatic nitrogens is 1. The Morgan fingerprint density at radius 3 is 2.14 bits per heavy atom. The van der Waals surface area contributed by atoms with Gasteiger partial charge >= 0.3 is 0 Å². The van der Waals surface area contributed by atoms with Gasteiger partial charge in [-0.15, -0.1) is 0 Å². The molecule has 1 fully saturated rings. The zero-order chi connectivity index (χ0) is 20.7. The lowest BCUT2D eigenvalue weighted by molar-refractivity contribution is -0.126. The number of benzene rings is 2. The van der Waals surface area contributed by atoms with Crippen LogP contribution in [-0.4, -0.2) is 17.9 Å². The van der Waals surface area contributed by atoms with Crippen molar-refractivity contribution in [3.05, 3.63) is 59.9 Å². The summed E-state index contributed by atoms with van der Waals surface area (Å²) in [6.45, 7) is 4.00. The summed E-state index contributed by atoms with van der Waals surface area (Å²) in [6.07, 6.45) is 3.43. The fourth-order valence-electron chi connectivity index (χ4n) is 2.82. The lowest BCUT2D eigenvalue weighted by atomic mass is 9.85. The first-order valence-corrected chi connectivity index (χ1v) is 9.43. The number of aromatic amines is 1. The fourth-order valence-corrected chi connectivity index (χ4v) is 2.82. The standard InChI is InChI=1S/C14H8F3N.C6H11NO.C2H6/c15-10-3-1-8(2-4-10)13-6-9-5-11(16)7-12(17)14(9)18-13;1-7-6(8)5-3-2-4-5;1-2/h1-7,18H;5H,2-4H2,1H3,(H,7,8);1-2H3. The van der Waals surface area contributed by atoms with E-state index >= 15 is 0 Å². The van der Waals surface area contributed by atoms with E-state index in [4.69, 9.17) is 0 Å². The molecule has 150 valence electrons. The second kappa shape index (κ2) is 9.97. The second-order valence-corrected chi connectivity index (χ2v) is 6.28. The number of halogens is 3. The Labute approximate surface area is 163 Å². The summed E-state index contributed by atoms with van der Waals surface area (Å²) in [4.78, 5) is 13.5. The summed E-state index contributed by atoms with van der Waals surface area (Å²) in [7, 11) is 1.70. The van der Waals surface area contributed by atoms with Gasteiger partial charge in [-0.1, -0.05) is 20.3 Å². The number of fused-ring (bicyclic) bond motifs is 1. The molecule has 0 saturated heterocycles. The normalized spacial score (nSPS) is 12.9. The number of carbonyl (C=O) groups is 1. The van der Waals surface area contributed by atoms with Gasteiger partial charge in [0.15, 0.2) is 0 Å². The van der Waals surface area contributed by atoms with Crippen molar-refractivity contribution in [2.24, 2.45) is 5.92 Å². The van der Waals surface area contributed by atoms with Gasteiger partial charge in [-0.2, -0.15) is 0 Å². The summed E-state index contributed by atoms with van der Waals surface area (Å²) in [5, 5.41) is 3.08. The molecule has 1 aliphatic carbocycles. The van der Waals surface area contributed by atoms with E-state index in [9.17, 15) is 18.0 Å². The van der Waals surface area contributed by atoms with Gasteiger partial charge in [0.25, 0.3) is 0 Å². The van der Waals surface area contributed by atoms with Crippen LogP contribution in [0.3, 0.4) is 0 Å². The number of H-pyrrole nitrogens is 1. The van der Waals surface area contributed by atoms with Gasteiger partial charge < -0.3 is 10.3 Å². The molecule has 1 aliphatic rings. The Morgan fingerprint density at radius 2 is 1.64 bits per heavy atom. The topological polar surface area (TPSA) is 44.9 Å². The lowest BCUT2D eigenvalue weighted by Gasteiger charge is -2.22. The van der Waals surface area contributed by atoms with E-state index in [2.05, 4.69) is 10.3 Å². The quantitative estimate of drug-likeness (QED) is 0.570. The molecule has 3 aromatic rings. The van der Waals surface area contributed by atoms with Crippen molar-refractivity contribution in [1.29, 1.82) is 0 Å². The van der Waals surface area contributed by atoms with E-state index in [0.717, 1.165) is 18.9 Å². The van der Waals surface area contributed by atoms with Crippen LogP contribution in [0.4, 0.5) is 13.2 Å². The summed E-state index contributed by atoms with van der Waals surface area (Å²) < 4.78 is 39.4. The predicted octanol–water partition coefficient (Wildman–Crippen LogP) is 5.81. The molecule has 0 bridgehead atoms. The van der Waals surface area contributed by atoms with E-state index in [-0.39, 0.29) is 17.2 Å². The molecule has 0 aliphatic heterocycles. The maximum absolute atomic E-state index is 13.5. The largest absolute Gasteiger partial charge is 0.359 e.